The Morgan fingerprint density at radius 3 is 2.86 bits per heavy atom. The molecule has 14 heavy (non-hydrogen) atoms. The van der Waals surface area contributed by atoms with E-state index in [0.29, 0.717) is 0 Å². The van der Waals surface area contributed by atoms with E-state index in [1.54, 1.807) is 0 Å². The minimum atomic E-state index is -0.179. The number of likely N-dealkylation sites (tertiary alicyclic amines) is 1. The Balaban J connectivity index is 2.61. The van der Waals surface area contributed by atoms with Crippen molar-refractivity contribution in [2.45, 2.75) is 44.8 Å². The van der Waals surface area contributed by atoms with Crippen molar-refractivity contribution in [1.82, 2.24) is 4.90 Å². The predicted octanol–water partition coefficient (Wildman–Crippen LogP) is 0.360. The van der Waals surface area contributed by atoms with Gasteiger partial charge in [0.2, 0.25) is 0 Å². The molecule has 0 amide bonds. The summed E-state index contributed by atoms with van der Waals surface area (Å²) in [6.45, 7) is 4.88. The third-order valence-corrected chi connectivity index (χ3v) is 3.14. The lowest BCUT2D eigenvalue weighted by Crippen LogP contribution is -2.55. The minimum Gasteiger partial charge on any atom is -0.468 e. The van der Waals surface area contributed by atoms with Crippen LogP contribution in [0.25, 0.3) is 0 Å². The average Bonchev–Trinajstić information content (AvgIpc) is 2.20. The lowest BCUT2D eigenvalue weighted by atomic mass is 9.97. The van der Waals surface area contributed by atoms with Crippen molar-refractivity contribution in [2.24, 2.45) is 5.73 Å². The van der Waals surface area contributed by atoms with Crippen molar-refractivity contribution in [2.75, 3.05) is 13.7 Å². The summed E-state index contributed by atoms with van der Waals surface area (Å²) >= 11 is 0. The SMILES string of the molecule is COC(=O)C(C)N1CCCC(N)C1C. The van der Waals surface area contributed by atoms with E-state index >= 15 is 0 Å². The quantitative estimate of drug-likeness (QED) is 0.654. The van der Waals surface area contributed by atoms with E-state index in [1.165, 1.54) is 7.11 Å². The number of hydrogen-bond donors (Lipinski definition) is 1. The molecule has 0 radical (unpaired) electrons. The van der Waals surface area contributed by atoms with Gasteiger partial charge < -0.3 is 10.5 Å². The Hall–Kier alpha value is -0.610. The van der Waals surface area contributed by atoms with Crippen LogP contribution in [0.5, 0.6) is 0 Å². The fourth-order valence-corrected chi connectivity index (χ4v) is 2.05. The number of nitrogens with two attached hydrogens (primary N) is 1. The van der Waals surface area contributed by atoms with Gasteiger partial charge in [0.15, 0.2) is 0 Å². The first-order valence-electron chi connectivity index (χ1n) is 5.17. The topological polar surface area (TPSA) is 55.6 Å². The molecule has 0 spiro atoms. The van der Waals surface area contributed by atoms with Crippen LogP contribution in [0.3, 0.4) is 0 Å². The summed E-state index contributed by atoms with van der Waals surface area (Å²) in [5.41, 5.74) is 5.95. The van der Waals surface area contributed by atoms with E-state index in [4.69, 9.17) is 10.5 Å². The van der Waals surface area contributed by atoms with E-state index in [0.717, 1.165) is 19.4 Å². The molecule has 1 heterocycles. The molecule has 2 N–H and O–H groups in total. The third-order valence-electron chi connectivity index (χ3n) is 3.14. The molecule has 1 saturated heterocycles. The molecular weight excluding hydrogens is 180 g/mol. The maximum atomic E-state index is 11.4. The lowest BCUT2D eigenvalue weighted by molar-refractivity contribution is -0.147. The molecule has 3 unspecified atom stereocenters. The summed E-state index contributed by atoms with van der Waals surface area (Å²) in [4.78, 5) is 13.5. The lowest BCUT2D eigenvalue weighted by Gasteiger charge is -2.40. The molecule has 1 aliphatic heterocycles. The Bertz CT molecular complexity index is 208. The summed E-state index contributed by atoms with van der Waals surface area (Å²) in [5.74, 6) is -0.175. The normalized spacial score (nSPS) is 31.1. The standard InChI is InChI=1S/C10H20N2O2/c1-7-9(11)5-4-6-12(7)8(2)10(13)14-3/h7-9H,4-6,11H2,1-3H3. The summed E-state index contributed by atoms with van der Waals surface area (Å²) in [6.07, 6.45) is 2.11. The first-order valence-corrected chi connectivity index (χ1v) is 5.17. The molecule has 4 nitrogen and oxygen atoms in total. The maximum Gasteiger partial charge on any atom is 0.322 e. The van der Waals surface area contributed by atoms with Gasteiger partial charge in [-0.3, -0.25) is 9.69 Å². The third kappa shape index (κ3) is 2.25. The summed E-state index contributed by atoms with van der Waals surface area (Å²) in [5, 5.41) is 0. The Morgan fingerprint density at radius 2 is 2.29 bits per heavy atom. The van der Waals surface area contributed by atoms with Crippen LogP contribution in [0, 0.1) is 0 Å². The van der Waals surface area contributed by atoms with Crippen LogP contribution in [0.2, 0.25) is 0 Å². The molecule has 0 aromatic carbocycles. The van der Waals surface area contributed by atoms with Crippen molar-refractivity contribution in [1.29, 1.82) is 0 Å². The molecule has 82 valence electrons. The van der Waals surface area contributed by atoms with E-state index < -0.39 is 0 Å². The van der Waals surface area contributed by atoms with Crippen LogP contribution >= 0.6 is 0 Å². The summed E-state index contributed by atoms with van der Waals surface area (Å²) in [6, 6.07) is 0.259. The van der Waals surface area contributed by atoms with Crippen LogP contribution in [0.1, 0.15) is 26.7 Å². The smallest absolute Gasteiger partial charge is 0.322 e. The van der Waals surface area contributed by atoms with E-state index in [9.17, 15) is 4.79 Å². The van der Waals surface area contributed by atoms with Crippen LogP contribution in [-0.2, 0) is 9.53 Å². The molecule has 1 fully saturated rings. The van der Waals surface area contributed by atoms with Crippen LogP contribution in [-0.4, -0.2) is 42.6 Å². The molecule has 1 aliphatic rings. The van der Waals surface area contributed by atoms with Crippen molar-refractivity contribution in [3.63, 3.8) is 0 Å². The van der Waals surface area contributed by atoms with Crippen molar-refractivity contribution < 1.29 is 9.53 Å². The first-order chi connectivity index (χ1) is 6.57. The number of methoxy groups -OCH3 is 1. The molecule has 4 heteroatoms. The largest absolute Gasteiger partial charge is 0.468 e. The molecule has 1 rings (SSSR count). The maximum absolute atomic E-state index is 11.4. The minimum absolute atomic E-state index is 0.175. The molecule has 3 atom stereocenters. The number of nitrogens with zero attached hydrogens (tertiary/aromatic N) is 1. The van der Waals surface area contributed by atoms with Gasteiger partial charge in [0.1, 0.15) is 6.04 Å². The van der Waals surface area contributed by atoms with Crippen LogP contribution in [0.15, 0.2) is 0 Å². The van der Waals surface area contributed by atoms with Gasteiger partial charge in [-0.2, -0.15) is 0 Å². The molecule has 0 aromatic heterocycles. The van der Waals surface area contributed by atoms with Crippen LogP contribution < -0.4 is 5.73 Å². The molecule has 0 aliphatic carbocycles. The molecule has 0 saturated carbocycles. The number of carbonyl (C=O) groups excluding carboxylic acids is 1. The number of ether oxygens (including phenoxy) is 1. The number of carbonyl (C=O) groups is 1. The number of hydrogen-bond acceptors (Lipinski definition) is 4. The fraction of sp³-hybridized carbons (Fsp3) is 0.900. The van der Waals surface area contributed by atoms with E-state index in [1.807, 2.05) is 6.92 Å². The Kier molecular flexibility index (Phi) is 3.89. The average molecular weight is 200 g/mol. The fourth-order valence-electron chi connectivity index (χ4n) is 2.05. The highest BCUT2D eigenvalue weighted by atomic mass is 16.5. The van der Waals surface area contributed by atoms with Gasteiger partial charge >= 0.3 is 5.97 Å². The van der Waals surface area contributed by atoms with Crippen molar-refractivity contribution in [3.8, 4) is 0 Å². The van der Waals surface area contributed by atoms with Gasteiger partial charge in [0.05, 0.1) is 7.11 Å². The predicted molar refractivity (Wildman–Crippen MR) is 54.9 cm³/mol. The number of piperidine rings is 1. The zero-order chi connectivity index (χ0) is 10.7. The molecular formula is C10H20N2O2. The van der Waals surface area contributed by atoms with Gasteiger partial charge in [0.25, 0.3) is 0 Å². The summed E-state index contributed by atoms with van der Waals surface area (Å²) < 4.78 is 4.73. The first kappa shape index (κ1) is 11.5. The van der Waals surface area contributed by atoms with Gasteiger partial charge in [0, 0.05) is 12.1 Å². The highest BCUT2D eigenvalue weighted by Crippen LogP contribution is 2.18. The zero-order valence-corrected chi connectivity index (χ0v) is 9.19. The second kappa shape index (κ2) is 4.75. The van der Waals surface area contributed by atoms with Gasteiger partial charge in [-0.1, -0.05) is 0 Å². The van der Waals surface area contributed by atoms with E-state index in [-0.39, 0.29) is 24.1 Å². The second-order valence-corrected chi connectivity index (χ2v) is 3.98. The van der Waals surface area contributed by atoms with Crippen LogP contribution in [0.4, 0.5) is 0 Å². The second-order valence-electron chi connectivity index (χ2n) is 3.98. The zero-order valence-electron chi connectivity index (χ0n) is 9.19. The highest BCUT2D eigenvalue weighted by Gasteiger charge is 2.32. The monoisotopic (exact) mass is 200 g/mol. The van der Waals surface area contributed by atoms with E-state index in [2.05, 4.69) is 11.8 Å². The van der Waals surface area contributed by atoms with Gasteiger partial charge in [-0.25, -0.2) is 0 Å². The molecule has 0 aromatic rings. The van der Waals surface area contributed by atoms with Crippen molar-refractivity contribution in [3.05, 3.63) is 0 Å². The Morgan fingerprint density at radius 1 is 1.64 bits per heavy atom. The number of esters is 1. The number of rotatable bonds is 2. The highest BCUT2D eigenvalue weighted by molar-refractivity contribution is 5.75. The molecule has 0 bridgehead atoms. The Labute approximate surface area is 85.4 Å². The van der Waals surface area contributed by atoms with Gasteiger partial charge in [-0.15, -0.1) is 0 Å². The summed E-state index contributed by atoms with van der Waals surface area (Å²) in [7, 11) is 1.42. The van der Waals surface area contributed by atoms with Gasteiger partial charge in [-0.05, 0) is 33.2 Å². The van der Waals surface area contributed by atoms with Crippen molar-refractivity contribution >= 4 is 5.97 Å².